The molecule has 0 bridgehead atoms. The Labute approximate surface area is 328 Å². The summed E-state index contributed by atoms with van der Waals surface area (Å²) in [4.78, 5) is 49.3. The molecule has 5 aliphatic heterocycles. The molecule has 320 valence electrons. The molecule has 0 aromatic rings. The lowest BCUT2D eigenvalue weighted by Gasteiger charge is -2.43. The summed E-state index contributed by atoms with van der Waals surface area (Å²) in [6.07, 6.45) is -17.1. The second-order valence-corrected chi connectivity index (χ2v) is 14.7. The van der Waals surface area contributed by atoms with Gasteiger partial charge in [0.25, 0.3) is 0 Å². The maximum Gasteiger partial charge on any atom is 0.338 e. The van der Waals surface area contributed by atoms with E-state index in [9.17, 15) is 60.0 Å². The Hall–Kier alpha value is -4.04. The molecule has 0 unspecified atom stereocenters. The van der Waals surface area contributed by atoms with Crippen molar-refractivity contribution in [1.29, 1.82) is 0 Å². The van der Waals surface area contributed by atoms with E-state index < -0.39 is 147 Å². The van der Waals surface area contributed by atoms with Crippen LogP contribution in [0.5, 0.6) is 0 Å². The van der Waals surface area contributed by atoms with Gasteiger partial charge in [0.05, 0.1) is 48.2 Å². The van der Waals surface area contributed by atoms with Gasteiger partial charge in [0, 0.05) is 25.7 Å². The number of aliphatic hydroxyl groups is 8. The molecule has 22 nitrogen and oxygen atoms in total. The van der Waals surface area contributed by atoms with Gasteiger partial charge in [0.2, 0.25) is 12.6 Å². The number of hydrogen-bond donors (Lipinski definition) is 8. The summed E-state index contributed by atoms with van der Waals surface area (Å²) in [6.45, 7) is 0.280. The van der Waals surface area contributed by atoms with E-state index in [1.807, 2.05) is 0 Å². The van der Waals surface area contributed by atoms with Gasteiger partial charge in [-0.05, 0) is 17.2 Å². The van der Waals surface area contributed by atoms with E-state index in [0.29, 0.717) is 5.57 Å². The molecule has 2 aliphatic carbocycles. The minimum Gasteiger partial charge on any atom is -0.471 e. The predicted molar refractivity (Wildman–Crippen MR) is 179 cm³/mol. The molecule has 0 amide bonds. The van der Waals surface area contributed by atoms with Crippen molar-refractivity contribution >= 4 is 23.9 Å². The van der Waals surface area contributed by atoms with Crippen molar-refractivity contribution in [3.05, 3.63) is 47.0 Å². The number of fused-ring (bicyclic) bond motifs is 1. The van der Waals surface area contributed by atoms with Crippen LogP contribution >= 0.6 is 0 Å². The van der Waals surface area contributed by atoms with E-state index in [1.165, 1.54) is 13.0 Å². The fourth-order valence-electron chi connectivity index (χ4n) is 8.19. The number of aliphatic hydroxyl groups excluding tert-OH is 8. The summed E-state index contributed by atoms with van der Waals surface area (Å²) in [7, 11) is 0. The zero-order valence-corrected chi connectivity index (χ0v) is 30.8. The fraction of sp³-hybridized carbons (Fsp3) is 0.667. The van der Waals surface area contributed by atoms with Crippen molar-refractivity contribution in [3.63, 3.8) is 0 Å². The molecule has 18 atom stereocenters. The molecule has 0 saturated carbocycles. The summed E-state index contributed by atoms with van der Waals surface area (Å²) in [5.41, 5.74) is 0.661. The first kappa shape index (κ1) is 42.1. The molecule has 0 radical (unpaired) electrons. The van der Waals surface area contributed by atoms with Crippen LogP contribution in [0.25, 0.3) is 0 Å². The van der Waals surface area contributed by atoms with Crippen molar-refractivity contribution in [2.24, 2.45) is 23.7 Å². The molecule has 0 aromatic heterocycles. The number of carbonyl (C=O) groups excluding carboxylic acids is 4. The molecule has 0 aromatic carbocycles. The number of ether oxygens (including phenoxy) is 10. The highest BCUT2D eigenvalue weighted by Gasteiger charge is 2.57. The van der Waals surface area contributed by atoms with Gasteiger partial charge in [0.15, 0.2) is 12.6 Å². The lowest BCUT2D eigenvalue weighted by molar-refractivity contribution is -0.340. The number of hydrogen-bond acceptors (Lipinski definition) is 22. The van der Waals surface area contributed by atoms with Crippen LogP contribution in [0.1, 0.15) is 13.8 Å². The molecule has 5 heterocycles. The molecule has 0 spiro atoms. The van der Waals surface area contributed by atoms with Crippen molar-refractivity contribution in [1.82, 2.24) is 0 Å². The van der Waals surface area contributed by atoms with Crippen molar-refractivity contribution in [2.75, 3.05) is 26.4 Å². The minimum absolute atomic E-state index is 0.188. The molecule has 3 fully saturated rings. The van der Waals surface area contributed by atoms with Crippen LogP contribution in [0.3, 0.4) is 0 Å². The SMILES string of the molecule is CC(=O)OCC1=C[C@@H]2OC(=O)C3=CO[C@@H](O[C@H]4O[C@@H](COC(=O)C5=CO[C@@H](O[C@H]6O[C@@H](CO)[C@H](O)[C@@H](O)[C@@H]6O)[C@@H]6C(COC(C)=O)=C[C@H](O)[C@H]56)[C@H](O)[C@@H](O)[C@@H]4O)[C@H]1[C@@H]32. The largest absolute Gasteiger partial charge is 0.471 e. The highest BCUT2D eigenvalue weighted by Crippen LogP contribution is 2.49. The summed E-state index contributed by atoms with van der Waals surface area (Å²) in [6, 6.07) is 0. The first-order valence-corrected chi connectivity index (χ1v) is 18.4. The van der Waals surface area contributed by atoms with Crippen LogP contribution in [0.2, 0.25) is 0 Å². The average molecular weight is 829 g/mol. The molecule has 7 aliphatic rings. The highest BCUT2D eigenvalue weighted by molar-refractivity contribution is 5.92. The molecular weight excluding hydrogens is 784 g/mol. The van der Waals surface area contributed by atoms with E-state index >= 15 is 0 Å². The number of carbonyl (C=O) groups is 4. The van der Waals surface area contributed by atoms with Crippen LogP contribution < -0.4 is 0 Å². The summed E-state index contributed by atoms with van der Waals surface area (Å²) in [5, 5.41) is 84.2. The van der Waals surface area contributed by atoms with Gasteiger partial charge in [-0.25, -0.2) is 9.59 Å². The molecule has 22 heteroatoms. The molecule has 8 N–H and O–H groups in total. The van der Waals surface area contributed by atoms with Gasteiger partial charge in [-0.15, -0.1) is 0 Å². The van der Waals surface area contributed by atoms with E-state index in [2.05, 4.69) is 0 Å². The maximum absolute atomic E-state index is 13.7. The molecule has 7 rings (SSSR count). The zero-order valence-electron chi connectivity index (χ0n) is 30.8. The van der Waals surface area contributed by atoms with Gasteiger partial charge in [-0.2, -0.15) is 0 Å². The van der Waals surface area contributed by atoms with Crippen LogP contribution in [0.4, 0.5) is 0 Å². The van der Waals surface area contributed by atoms with Crippen molar-refractivity contribution in [3.8, 4) is 0 Å². The first-order chi connectivity index (χ1) is 27.6. The van der Waals surface area contributed by atoms with Crippen LogP contribution in [0.15, 0.2) is 47.0 Å². The van der Waals surface area contributed by atoms with Crippen LogP contribution in [0, 0.1) is 23.7 Å². The van der Waals surface area contributed by atoms with Crippen LogP contribution in [-0.4, -0.2) is 177 Å². The molecular formula is C36H44O22. The van der Waals surface area contributed by atoms with Gasteiger partial charge in [0.1, 0.15) is 74.8 Å². The van der Waals surface area contributed by atoms with E-state index in [-0.39, 0.29) is 29.9 Å². The highest BCUT2D eigenvalue weighted by atomic mass is 16.8. The Balaban J connectivity index is 1.05. The van der Waals surface area contributed by atoms with Crippen LogP contribution in [-0.2, 0) is 66.5 Å². The minimum atomic E-state index is -1.90. The van der Waals surface area contributed by atoms with Gasteiger partial charge in [-0.3, -0.25) is 9.59 Å². The Kier molecular flexibility index (Phi) is 12.3. The summed E-state index contributed by atoms with van der Waals surface area (Å²) >= 11 is 0. The summed E-state index contributed by atoms with van der Waals surface area (Å²) < 4.78 is 55.6. The van der Waals surface area contributed by atoms with E-state index in [4.69, 9.17) is 47.4 Å². The van der Waals surface area contributed by atoms with E-state index in [0.717, 1.165) is 19.4 Å². The molecule has 3 saturated heterocycles. The normalized spacial score (nSPS) is 42.6. The average Bonchev–Trinajstić information content (AvgIpc) is 3.84. The first-order valence-electron chi connectivity index (χ1n) is 18.4. The third-order valence-electron chi connectivity index (χ3n) is 11.1. The Morgan fingerprint density at radius 3 is 1.76 bits per heavy atom. The Morgan fingerprint density at radius 1 is 0.638 bits per heavy atom. The smallest absolute Gasteiger partial charge is 0.338 e. The monoisotopic (exact) mass is 828 g/mol. The zero-order chi connectivity index (χ0) is 41.7. The Morgan fingerprint density at radius 2 is 1.17 bits per heavy atom. The predicted octanol–water partition coefficient (Wildman–Crippen LogP) is -4.59. The number of esters is 4. The third-order valence-corrected chi connectivity index (χ3v) is 11.1. The standard InChI is InChI=1S/C36H44O22/c1-11(38)49-6-13-3-17(40)23-15(8-52-33(21(13)23)57-35-29(45)27(43)25(41)19(5-37)55-35)31(47)51-10-20-26(42)28(44)30(46)36(56-20)58-34-22-14(7-50-12(2)39)4-18-24(22)16(9-53-34)32(48)54-18/h3-4,8-9,17-30,33-37,40-46H,5-7,10H2,1-2H3/t17-,18-,19-,20-,21+,22+,23-,24-,25-,26-,27+,28+,29-,30-,33-,34-,35+,36+/m0/s1. The topological polar surface area (TPSA) is 322 Å². The lowest BCUT2D eigenvalue weighted by atomic mass is 9.82. The van der Waals surface area contributed by atoms with E-state index in [1.54, 1.807) is 6.08 Å². The number of rotatable bonds is 12. The molecule has 58 heavy (non-hydrogen) atoms. The maximum atomic E-state index is 13.7. The van der Waals surface area contributed by atoms with Gasteiger partial charge < -0.3 is 88.2 Å². The third kappa shape index (κ3) is 7.87. The van der Waals surface area contributed by atoms with Gasteiger partial charge in [-0.1, -0.05) is 6.08 Å². The quantitative estimate of drug-likeness (QED) is 0.0521. The second kappa shape index (κ2) is 16.9. The van der Waals surface area contributed by atoms with Crippen molar-refractivity contribution < 1.29 is 107 Å². The fourth-order valence-corrected chi connectivity index (χ4v) is 8.19. The van der Waals surface area contributed by atoms with Gasteiger partial charge >= 0.3 is 23.9 Å². The second-order valence-electron chi connectivity index (χ2n) is 14.7. The lowest BCUT2D eigenvalue weighted by Crippen LogP contribution is -2.60. The summed E-state index contributed by atoms with van der Waals surface area (Å²) in [5.74, 6) is -6.62. The Bertz CT molecular complexity index is 1740. The van der Waals surface area contributed by atoms with Crippen molar-refractivity contribution in [2.45, 2.75) is 100 Å².